The molecule has 3 nitrogen and oxygen atoms in total. The van der Waals surface area contributed by atoms with Crippen LogP contribution in [0.25, 0.3) is 0 Å². The van der Waals surface area contributed by atoms with Crippen molar-refractivity contribution in [3.05, 3.63) is 24.3 Å². The Balaban J connectivity index is 1.88. The van der Waals surface area contributed by atoms with Crippen molar-refractivity contribution in [2.45, 2.75) is 19.3 Å². The molecule has 1 aliphatic carbocycles. The number of nitrogens with two attached hydrogens (primary N) is 1. The minimum atomic E-state index is 0.135. The average Bonchev–Trinajstić information content (AvgIpc) is 2.99. The van der Waals surface area contributed by atoms with E-state index in [1.165, 1.54) is 0 Å². The lowest BCUT2D eigenvalue weighted by atomic mass is 10.1. The smallest absolute Gasteiger partial charge is 0.119 e. The molecule has 0 atom stereocenters. The van der Waals surface area contributed by atoms with Crippen LogP contribution in [0.15, 0.2) is 24.3 Å². The van der Waals surface area contributed by atoms with Crippen LogP contribution < -0.4 is 10.5 Å². The Kier molecular flexibility index (Phi) is 2.51. The van der Waals surface area contributed by atoms with Gasteiger partial charge >= 0.3 is 0 Å². The molecule has 0 saturated heterocycles. The van der Waals surface area contributed by atoms with E-state index in [0.29, 0.717) is 13.0 Å². The van der Waals surface area contributed by atoms with E-state index in [9.17, 15) is 0 Å². The third-order valence-corrected chi connectivity index (χ3v) is 2.84. The first-order valence-corrected chi connectivity index (χ1v) is 5.09. The van der Waals surface area contributed by atoms with Gasteiger partial charge in [-0.2, -0.15) is 5.26 Å². The van der Waals surface area contributed by atoms with Gasteiger partial charge in [-0.15, -0.1) is 0 Å². The summed E-state index contributed by atoms with van der Waals surface area (Å²) in [5.74, 6) is 0.827. The van der Waals surface area contributed by atoms with E-state index in [-0.39, 0.29) is 5.41 Å². The van der Waals surface area contributed by atoms with E-state index in [4.69, 9.17) is 15.7 Å². The Morgan fingerprint density at radius 1 is 1.33 bits per heavy atom. The van der Waals surface area contributed by atoms with Crippen LogP contribution in [0.3, 0.4) is 0 Å². The Labute approximate surface area is 89.5 Å². The lowest BCUT2D eigenvalue weighted by molar-refractivity contribution is 0.237. The van der Waals surface area contributed by atoms with Crippen molar-refractivity contribution < 1.29 is 4.74 Å². The molecule has 3 heteroatoms. The minimum Gasteiger partial charge on any atom is -0.493 e. The third kappa shape index (κ3) is 2.41. The summed E-state index contributed by atoms with van der Waals surface area (Å²) < 4.78 is 5.63. The molecule has 0 aromatic heterocycles. The molecule has 1 saturated carbocycles. The second-order valence-electron chi connectivity index (χ2n) is 4.19. The fourth-order valence-corrected chi connectivity index (χ4v) is 1.52. The normalized spacial score (nSPS) is 16.7. The number of nitriles is 1. The molecule has 0 spiro atoms. The van der Waals surface area contributed by atoms with Crippen molar-refractivity contribution in [3.63, 3.8) is 0 Å². The highest BCUT2D eigenvalue weighted by Gasteiger charge is 2.43. The van der Waals surface area contributed by atoms with Gasteiger partial charge in [0.2, 0.25) is 0 Å². The standard InChI is InChI=1S/C12H14N2O/c13-8-7-12(5-6-12)9-15-11-3-1-10(14)2-4-11/h1-4H,5-7,9,14H2. The third-order valence-electron chi connectivity index (χ3n) is 2.84. The van der Waals surface area contributed by atoms with E-state index < -0.39 is 0 Å². The molecule has 15 heavy (non-hydrogen) atoms. The Morgan fingerprint density at radius 3 is 2.53 bits per heavy atom. The Morgan fingerprint density at radius 2 is 2.00 bits per heavy atom. The number of nitrogens with zero attached hydrogens (tertiary/aromatic N) is 1. The van der Waals surface area contributed by atoms with Crippen LogP contribution in [0.1, 0.15) is 19.3 Å². The summed E-state index contributed by atoms with van der Waals surface area (Å²) in [7, 11) is 0. The van der Waals surface area contributed by atoms with Crippen LogP contribution in [0.5, 0.6) is 5.75 Å². The highest BCUT2D eigenvalue weighted by molar-refractivity contribution is 5.41. The largest absolute Gasteiger partial charge is 0.493 e. The number of ether oxygens (including phenoxy) is 1. The van der Waals surface area contributed by atoms with Gasteiger partial charge in [0.1, 0.15) is 5.75 Å². The Hall–Kier alpha value is -1.69. The summed E-state index contributed by atoms with van der Waals surface area (Å²) in [5.41, 5.74) is 6.44. The van der Waals surface area contributed by atoms with E-state index in [1.807, 2.05) is 24.3 Å². The number of benzene rings is 1. The van der Waals surface area contributed by atoms with Gasteiger partial charge in [0.15, 0.2) is 0 Å². The SMILES string of the molecule is N#CCC1(COc2ccc(N)cc2)CC1. The lowest BCUT2D eigenvalue weighted by Gasteiger charge is -2.12. The minimum absolute atomic E-state index is 0.135. The van der Waals surface area contributed by atoms with Gasteiger partial charge in [-0.25, -0.2) is 0 Å². The lowest BCUT2D eigenvalue weighted by Crippen LogP contribution is -2.12. The molecule has 0 amide bonds. The van der Waals surface area contributed by atoms with Crippen molar-refractivity contribution >= 4 is 5.69 Å². The van der Waals surface area contributed by atoms with E-state index >= 15 is 0 Å². The fraction of sp³-hybridized carbons (Fsp3) is 0.417. The number of anilines is 1. The summed E-state index contributed by atoms with van der Waals surface area (Å²) in [6, 6.07) is 9.57. The van der Waals surface area contributed by atoms with Gasteiger partial charge in [0.25, 0.3) is 0 Å². The molecule has 1 fully saturated rings. The second kappa shape index (κ2) is 3.82. The molecule has 0 aliphatic heterocycles. The zero-order chi connectivity index (χ0) is 10.7. The quantitative estimate of drug-likeness (QED) is 0.762. The first-order valence-electron chi connectivity index (χ1n) is 5.09. The molecule has 0 radical (unpaired) electrons. The molecular formula is C12H14N2O. The molecule has 0 heterocycles. The molecule has 1 aliphatic rings. The first kappa shape index (κ1) is 9.85. The van der Waals surface area contributed by atoms with Crippen molar-refractivity contribution in [2.75, 3.05) is 12.3 Å². The Bertz CT molecular complexity index is 374. The highest BCUT2D eigenvalue weighted by atomic mass is 16.5. The first-order chi connectivity index (χ1) is 7.24. The number of rotatable bonds is 4. The van der Waals surface area contributed by atoms with Crippen LogP contribution in [-0.2, 0) is 0 Å². The zero-order valence-corrected chi connectivity index (χ0v) is 8.57. The van der Waals surface area contributed by atoms with E-state index in [1.54, 1.807) is 0 Å². The number of nitrogen functional groups attached to an aromatic ring is 1. The van der Waals surface area contributed by atoms with Crippen LogP contribution in [0.4, 0.5) is 5.69 Å². The van der Waals surface area contributed by atoms with Gasteiger partial charge in [-0.05, 0) is 37.1 Å². The van der Waals surface area contributed by atoms with Crippen LogP contribution in [0.2, 0.25) is 0 Å². The maximum atomic E-state index is 8.65. The second-order valence-corrected chi connectivity index (χ2v) is 4.19. The van der Waals surface area contributed by atoms with Crippen LogP contribution in [-0.4, -0.2) is 6.61 Å². The van der Waals surface area contributed by atoms with E-state index in [0.717, 1.165) is 24.3 Å². The molecule has 78 valence electrons. The number of hydrogen-bond acceptors (Lipinski definition) is 3. The topological polar surface area (TPSA) is 59.0 Å². The predicted molar refractivity (Wildman–Crippen MR) is 58.2 cm³/mol. The van der Waals surface area contributed by atoms with Crippen molar-refractivity contribution in [1.29, 1.82) is 5.26 Å². The molecule has 1 aromatic rings. The molecule has 1 aromatic carbocycles. The summed E-state index contributed by atoms with van der Waals surface area (Å²) in [4.78, 5) is 0. The maximum Gasteiger partial charge on any atom is 0.119 e. The maximum absolute atomic E-state index is 8.65. The summed E-state index contributed by atoms with van der Waals surface area (Å²) in [5, 5.41) is 8.65. The highest BCUT2D eigenvalue weighted by Crippen LogP contribution is 2.48. The van der Waals surface area contributed by atoms with Crippen molar-refractivity contribution in [3.8, 4) is 11.8 Å². The zero-order valence-electron chi connectivity index (χ0n) is 8.57. The van der Waals surface area contributed by atoms with Crippen molar-refractivity contribution in [1.82, 2.24) is 0 Å². The van der Waals surface area contributed by atoms with Gasteiger partial charge in [-0.3, -0.25) is 0 Å². The molecular weight excluding hydrogens is 188 g/mol. The van der Waals surface area contributed by atoms with Crippen LogP contribution in [0, 0.1) is 16.7 Å². The molecule has 0 unspecified atom stereocenters. The molecule has 2 rings (SSSR count). The summed E-state index contributed by atoms with van der Waals surface area (Å²) in [6.07, 6.45) is 2.81. The average molecular weight is 202 g/mol. The number of hydrogen-bond donors (Lipinski definition) is 1. The van der Waals surface area contributed by atoms with Crippen molar-refractivity contribution in [2.24, 2.45) is 5.41 Å². The van der Waals surface area contributed by atoms with Gasteiger partial charge < -0.3 is 10.5 Å². The van der Waals surface area contributed by atoms with Gasteiger partial charge in [0.05, 0.1) is 12.7 Å². The molecule has 0 bridgehead atoms. The monoisotopic (exact) mass is 202 g/mol. The predicted octanol–water partition coefficient (Wildman–Crippen LogP) is 2.34. The molecule has 2 N–H and O–H groups in total. The van der Waals surface area contributed by atoms with Crippen LogP contribution >= 0.6 is 0 Å². The summed E-state index contributed by atoms with van der Waals surface area (Å²) in [6.45, 7) is 0.643. The van der Waals surface area contributed by atoms with Gasteiger partial charge in [0, 0.05) is 17.5 Å². The summed E-state index contributed by atoms with van der Waals surface area (Å²) >= 11 is 0. The van der Waals surface area contributed by atoms with E-state index in [2.05, 4.69) is 6.07 Å². The van der Waals surface area contributed by atoms with Gasteiger partial charge in [-0.1, -0.05) is 0 Å². The fourth-order valence-electron chi connectivity index (χ4n) is 1.52.